The highest BCUT2D eigenvalue weighted by Crippen LogP contribution is 2.08. The molecule has 0 aliphatic heterocycles. The van der Waals surface area contributed by atoms with E-state index in [1.54, 1.807) is 12.3 Å². The van der Waals surface area contributed by atoms with Gasteiger partial charge < -0.3 is 15.4 Å². The van der Waals surface area contributed by atoms with Crippen molar-refractivity contribution >= 4 is 28.5 Å². The number of halogens is 1. The monoisotopic (exact) mass is 336 g/mol. The minimum Gasteiger partial charge on any atom is -0.391 e. The van der Waals surface area contributed by atoms with Gasteiger partial charge in [-0.15, -0.1) is 0 Å². The van der Waals surface area contributed by atoms with Crippen LogP contribution >= 0.6 is 22.6 Å². The summed E-state index contributed by atoms with van der Waals surface area (Å²) in [5.74, 6) is 0.0225. The molecule has 4 nitrogen and oxygen atoms in total. The predicted molar refractivity (Wildman–Crippen MR) is 71.3 cm³/mol. The van der Waals surface area contributed by atoms with Crippen molar-refractivity contribution in [3.05, 3.63) is 21.5 Å². The molecule has 0 radical (unpaired) electrons. The molecule has 2 unspecified atom stereocenters. The number of hydrogen-bond donors (Lipinski definition) is 3. The number of carbonyl (C=O) groups excluding carboxylic acids is 1. The van der Waals surface area contributed by atoms with E-state index in [1.165, 1.54) is 0 Å². The number of amides is 1. The lowest BCUT2D eigenvalue weighted by Crippen LogP contribution is -2.35. The molecule has 2 atom stereocenters. The summed E-state index contributed by atoms with van der Waals surface area (Å²) in [4.78, 5) is 14.5. The average molecular weight is 336 g/mol. The molecule has 3 N–H and O–H groups in total. The van der Waals surface area contributed by atoms with E-state index in [2.05, 4.69) is 32.9 Å². The number of H-pyrrole nitrogens is 1. The van der Waals surface area contributed by atoms with Crippen molar-refractivity contribution in [3.8, 4) is 0 Å². The molecule has 1 rings (SSSR count). The lowest BCUT2D eigenvalue weighted by atomic mass is 10.0. The first kappa shape index (κ1) is 13.5. The lowest BCUT2D eigenvalue weighted by molar-refractivity contribution is 0.0846. The van der Waals surface area contributed by atoms with E-state index in [0.29, 0.717) is 12.2 Å². The Morgan fingerprint density at radius 3 is 2.88 bits per heavy atom. The van der Waals surface area contributed by atoms with Gasteiger partial charge in [0.1, 0.15) is 5.69 Å². The normalized spacial score (nSPS) is 14.5. The van der Waals surface area contributed by atoms with Crippen LogP contribution < -0.4 is 5.32 Å². The Balaban J connectivity index is 2.41. The van der Waals surface area contributed by atoms with E-state index >= 15 is 0 Å². The van der Waals surface area contributed by atoms with Crippen molar-refractivity contribution in [3.63, 3.8) is 0 Å². The minimum atomic E-state index is -0.483. The summed E-state index contributed by atoms with van der Waals surface area (Å²) >= 11 is 2.13. The zero-order valence-corrected chi connectivity index (χ0v) is 11.6. The number of hydrogen-bond acceptors (Lipinski definition) is 2. The second-order valence-electron chi connectivity index (χ2n) is 3.89. The van der Waals surface area contributed by atoms with Gasteiger partial charge in [0.05, 0.1) is 6.10 Å². The third-order valence-corrected chi connectivity index (χ3v) is 3.29. The first-order valence-corrected chi connectivity index (χ1v) is 6.42. The van der Waals surface area contributed by atoms with Crippen LogP contribution in [0.25, 0.3) is 0 Å². The Hall–Kier alpha value is -0.560. The van der Waals surface area contributed by atoms with E-state index in [4.69, 9.17) is 0 Å². The maximum absolute atomic E-state index is 11.6. The lowest BCUT2D eigenvalue weighted by Gasteiger charge is -2.17. The van der Waals surface area contributed by atoms with E-state index in [0.717, 1.165) is 9.99 Å². The van der Waals surface area contributed by atoms with E-state index in [9.17, 15) is 9.90 Å². The Labute approximate surface area is 109 Å². The summed E-state index contributed by atoms with van der Waals surface area (Å²) in [6, 6.07) is 1.77. The van der Waals surface area contributed by atoms with Crippen molar-refractivity contribution in [1.29, 1.82) is 0 Å². The fourth-order valence-electron chi connectivity index (χ4n) is 1.26. The van der Waals surface area contributed by atoms with Gasteiger partial charge in [-0.05, 0) is 34.6 Å². The molecule has 0 spiro atoms. The summed E-state index contributed by atoms with van der Waals surface area (Å²) in [6.45, 7) is 4.28. The summed E-state index contributed by atoms with van der Waals surface area (Å²) in [7, 11) is 0. The second-order valence-corrected chi connectivity index (χ2v) is 5.14. The summed E-state index contributed by atoms with van der Waals surface area (Å²) in [6.07, 6.45) is 2.18. The van der Waals surface area contributed by atoms with E-state index in [1.807, 2.05) is 13.8 Å². The van der Waals surface area contributed by atoms with Gasteiger partial charge in [0, 0.05) is 16.3 Å². The van der Waals surface area contributed by atoms with Crippen LogP contribution in [0.2, 0.25) is 0 Å². The van der Waals surface area contributed by atoms with Gasteiger partial charge in [-0.2, -0.15) is 0 Å². The number of aromatic nitrogens is 1. The van der Waals surface area contributed by atoms with Crippen molar-refractivity contribution in [1.82, 2.24) is 10.3 Å². The smallest absolute Gasteiger partial charge is 0.267 e. The van der Waals surface area contributed by atoms with Crippen molar-refractivity contribution < 1.29 is 9.90 Å². The van der Waals surface area contributed by atoms with E-state index < -0.39 is 6.10 Å². The van der Waals surface area contributed by atoms with Gasteiger partial charge in [0.2, 0.25) is 0 Å². The zero-order valence-electron chi connectivity index (χ0n) is 9.46. The molecule has 5 heteroatoms. The maximum atomic E-state index is 11.6. The van der Waals surface area contributed by atoms with E-state index in [-0.39, 0.29) is 11.8 Å². The average Bonchev–Trinajstić information content (AvgIpc) is 2.71. The number of aliphatic hydroxyl groups is 1. The van der Waals surface area contributed by atoms with Crippen LogP contribution in [-0.2, 0) is 0 Å². The highest BCUT2D eigenvalue weighted by atomic mass is 127. The number of nitrogens with one attached hydrogen (secondary N) is 2. The molecule has 0 fully saturated rings. The van der Waals surface area contributed by atoms with Crippen LogP contribution in [0.4, 0.5) is 0 Å². The molecule has 1 aromatic rings. The van der Waals surface area contributed by atoms with Gasteiger partial charge >= 0.3 is 0 Å². The third kappa shape index (κ3) is 3.79. The second kappa shape index (κ2) is 6.24. The Morgan fingerprint density at radius 2 is 2.38 bits per heavy atom. The quantitative estimate of drug-likeness (QED) is 0.718. The van der Waals surface area contributed by atoms with Gasteiger partial charge in [-0.1, -0.05) is 20.3 Å². The number of carbonyl (C=O) groups is 1. The SMILES string of the molecule is CCC(C)C(O)CNC(=O)c1cc(I)c[nH]1. The van der Waals surface area contributed by atoms with Crippen molar-refractivity contribution in [2.75, 3.05) is 6.54 Å². The zero-order chi connectivity index (χ0) is 12.1. The van der Waals surface area contributed by atoms with Crippen LogP contribution in [-0.4, -0.2) is 28.6 Å². The Kier molecular flexibility index (Phi) is 5.27. The highest BCUT2D eigenvalue weighted by Gasteiger charge is 2.14. The molecular weight excluding hydrogens is 319 g/mol. The van der Waals surface area contributed by atoms with Gasteiger partial charge in [0.25, 0.3) is 5.91 Å². The first-order valence-electron chi connectivity index (χ1n) is 5.34. The van der Waals surface area contributed by atoms with Crippen LogP contribution in [0.3, 0.4) is 0 Å². The first-order chi connectivity index (χ1) is 7.54. The topological polar surface area (TPSA) is 65.1 Å². The standard InChI is InChI=1S/C11H17IN2O2/c1-3-7(2)10(15)6-14-11(16)9-4-8(12)5-13-9/h4-5,7,10,13,15H,3,6H2,1-2H3,(H,14,16). The largest absolute Gasteiger partial charge is 0.391 e. The van der Waals surface area contributed by atoms with Gasteiger partial charge in [0.15, 0.2) is 0 Å². The Morgan fingerprint density at radius 1 is 1.69 bits per heavy atom. The molecule has 0 saturated carbocycles. The van der Waals surface area contributed by atoms with Crippen LogP contribution in [0.5, 0.6) is 0 Å². The van der Waals surface area contributed by atoms with Gasteiger partial charge in [-0.3, -0.25) is 4.79 Å². The molecule has 1 aromatic heterocycles. The number of aliphatic hydroxyl groups excluding tert-OH is 1. The number of rotatable bonds is 5. The summed E-state index contributed by atoms with van der Waals surface area (Å²) in [5, 5.41) is 12.4. The maximum Gasteiger partial charge on any atom is 0.267 e. The molecule has 1 amide bonds. The molecular formula is C11H17IN2O2. The van der Waals surface area contributed by atoms with Gasteiger partial charge in [-0.25, -0.2) is 0 Å². The minimum absolute atomic E-state index is 0.176. The molecule has 0 aromatic carbocycles. The molecule has 90 valence electrons. The predicted octanol–water partition coefficient (Wildman–Crippen LogP) is 1.76. The fourth-order valence-corrected chi connectivity index (χ4v) is 1.73. The molecule has 0 bridgehead atoms. The molecule has 0 aliphatic carbocycles. The molecule has 16 heavy (non-hydrogen) atoms. The van der Waals surface area contributed by atoms with Crippen molar-refractivity contribution in [2.24, 2.45) is 5.92 Å². The third-order valence-electron chi connectivity index (χ3n) is 2.66. The number of aromatic amines is 1. The Bertz CT molecular complexity index is 352. The van der Waals surface area contributed by atoms with Crippen molar-refractivity contribution in [2.45, 2.75) is 26.4 Å². The summed E-state index contributed by atoms with van der Waals surface area (Å²) in [5.41, 5.74) is 0.528. The fraction of sp³-hybridized carbons (Fsp3) is 0.545. The molecule has 0 saturated heterocycles. The highest BCUT2D eigenvalue weighted by molar-refractivity contribution is 14.1. The summed E-state index contributed by atoms with van der Waals surface area (Å²) < 4.78 is 0.991. The van der Waals surface area contributed by atoms with Crippen LogP contribution in [0.15, 0.2) is 12.3 Å². The van der Waals surface area contributed by atoms with Crippen LogP contribution in [0.1, 0.15) is 30.8 Å². The van der Waals surface area contributed by atoms with Crippen LogP contribution in [0, 0.1) is 9.49 Å². The molecule has 0 aliphatic rings. The molecule has 1 heterocycles.